The number of nitrogens with two attached hydrogens (primary N) is 1. The van der Waals surface area contributed by atoms with Crippen LogP contribution in [0.4, 0.5) is 0 Å². The van der Waals surface area contributed by atoms with Gasteiger partial charge in [0.05, 0.1) is 0 Å². The lowest BCUT2D eigenvalue weighted by atomic mass is 10.0. The summed E-state index contributed by atoms with van der Waals surface area (Å²) in [6.07, 6.45) is 1.13. The van der Waals surface area contributed by atoms with Gasteiger partial charge in [0.15, 0.2) is 0 Å². The van der Waals surface area contributed by atoms with Gasteiger partial charge in [0.1, 0.15) is 0 Å². The molecule has 108 valence electrons. The Bertz CT molecular complexity index is 368. The first-order valence-corrected chi connectivity index (χ1v) is 7.30. The Balaban J connectivity index is 2.83. The van der Waals surface area contributed by atoms with Gasteiger partial charge in [0.25, 0.3) is 0 Å². The van der Waals surface area contributed by atoms with Gasteiger partial charge < -0.3 is 10.6 Å². The van der Waals surface area contributed by atoms with E-state index in [4.69, 9.17) is 17.3 Å². The van der Waals surface area contributed by atoms with E-state index in [0.717, 1.165) is 31.1 Å². The van der Waals surface area contributed by atoms with E-state index in [9.17, 15) is 0 Å². The molecule has 0 bridgehead atoms. The third-order valence-electron chi connectivity index (χ3n) is 3.24. The van der Waals surface area contributed by atoms with Crippen molar-refractivity contribution >= 4 is 11.6 Å². The summed E-state index contributed by atoms with van der Waals surface area (Å²) in [5, 5.41) is 0.778. The highest BCUT2D eigenvalue weighted by Crippen LogP contribution is 2.22. The van der Waals surface area contributed by atoms with Gasteiger partial charge in [-0.05, 0) is 44.8 Å². The molecule has 0 heterocycles. The first kappa shape index (κ1) is 16.4. The predicted molar refractivity (Wildman–Crippen MR) is 83.7 cm³/mol. The van der Waals surface area contributed by atoms with Crippen LogP contribution in [-0.4, -0.2) is 50.1 Å². The van der Waals surface area contributed by atoms with Crippen LogP contribution >= 0.6 is 11.6 Å². The zero-order valence-electron chi connectivity index (χ0n) is 12.3. The zero-order valence-corrected chi connectivity index (χ0v) is 13.0. The van der Waals surface area contributed by atoms with Crippen LogP contribution in [-0.2, 0) is 0 Å². The van der Waals surface area contributed by atoms with E-state index in [0.29, 0.717) is 6.54 Å². The average Bonchev–Trinajstić information content (AvgIpc) is 2.37. The van der Waals surface area contributed by atoms with Crippen LogP contribution in [0.15, 0.2) is 24.3 Å². The molecule has 1 rings (SSSR count). The molecule has 1 aromatic rings. The van der Waals surface area contributed by atoms with Gasteiger partial charge in [0.2, 0.25) is 0 Å². The Kier molecular flexibility index (Phi) is 7.39. The Morgan fingerprint density at radius 1 is 1.21 bits per heavy atom. The van der Waals surface area contributed by atoms with Crippen molar-refractivity contribution in [2.24, 2.45) is 5.73 Å². The molecule has 0 spiro atoms. The van der Waals surface area contributed by atoms with Gasteiger partial charge >= 0.3 is 0 Å². The molecule has 3 nitrogen and oxygen atoms in total. The summed E-state index contributed by atoms with van der Waals surface area (Å²) in [7, 11) is 4.20. The van der Waals surface area contributed by atoms with Gasteiger partial charge in [0, 0.05) is 30.7 Å². The molecule has 0 saturated carbocycles. The molecule has 0 amide bonds. The monoisotopic (exact) mass is 283 g/mol. The van der Waals surface area contributed by atoms with Gasteiger partial charge in [-0.25, -0.2) is 0 Å². The SMILES string of the molecule is CCCN(CCN(C)C)C(CN)c1cccc(Cl)c1. The fourth-order valence-corrected chi connectivity index (χ4v) is 2.45. The molecule has 19 heavy (non-hydrogen) atoms. The summed E-state index contributed by atoms with van der Waals surface area (Å²) < 4.78 is 0. The van der Waals surface area contributed by atoms with Gasteiger partial charge in [-0.1, -0.05) is 30.7 Å². The van der Waals surface area contributed by atoms with Crippen molar-refractivity contribution in [1.82, 2.24) is 9.80 Å². The summed E-state index contributed by atoms with van der Waals surface area (Å²) in [4.78, 5) is 4.65. The third kappa shape index (κ3) is 5.49. The minimum Gasteiger partial charge on any atom is -0.329 e. The summed E-state index contributed by atoms with van der Waals surface area (Å²) in [5.41, 5.74) is 7.20. The number of hydrogen-bond donors (Lipinski definition) is 1. The number of hydrogen-bond acceptors (Lipinski definition) is 3. The van der Waals surface area contributed by atoms with Crippen molar-refractivity contribution in [2.75, 3.05) is 40.3 Å². The highest BCUT2D eigenvalue weighted by Gasteiger charge is 2.18. The molecule has 0 radical (unpaired) electrons. The first-order valence-electron chi connectivity index (χ1n) is 6.92. The second-order valence-electron chi connectivity index (χ2n) is 5.15. The van der Waals surface area contributed by atoms with Gasteiger partial charge in [-0.15, -0.1) is 0 Å². The van der Waals surface area contributed by atoms with Gasteiger partial charge in [-0.2, -0.15) is 0 Å². The highest BCUT2D eigenvalue weighted by atomic mass is 35.5. The third-order valence-corrected chi connectivity index (χ3v) is 3.48. The van der Waals surface area contributed by atoms with Gasteiger partial charge in [-0.3, -0.25) is 4.90 Å². The largest absolute Gasteiger partial charge is 0.329 e. The molecule has 0 fully saturated rings. The minimum absolute atomic E-state index is 0.249. The molecule has 0 saturated heterocycles. The van der Waals surface area contributed by atoms with Crippen molar-refractivity contribution in [3.05, 3.63) is 34.9 Å². The van der Waals surface area contributed by atoms with E-state index in [-0.39, 0.29) is 6.04 Å². The quantitative estimate of drug-likeness (QED) is 0.796. The maximum absolute atomic E-state index is 6.09. The lowest BCUT2D eigenvalue weighted by Gasteiger charge is -2.32. The molecular weight excluding hydrogens is 258 g/mol. The lowest BCUT2D eigenvalue weighted by Crippen LogP contribution is -2.38. The van der Waals surface area contributed by atoms with Crippen LogP contribution in [0.1, 0.15) is 24.9 Å². The molecule has 2 N–H and O–H groups in total. The molecule has 1 atom stereocenters. The number of halogens is 1. The van der Waals surface area contributed by atoms with Crippen molar-refractivity contribution in [3.63, 3.8) is 0 Å². The van der Waals surface area contributed by atoms with Crippen LogP contribution in [0, 0.1) is 0 Å². The first-order chi connectivity index (χ1) is 9.08. The topological polar surface area (TPSA) is 32.5 Å². The number of likely N-dealkylation sites (N-methyl/N-ethyl adjacent to an activating group) is 1. The van der Waals surface area contributed by atoms with Crippen LogP contribution < -0.4 is 5.73 Å². The molecule has 0 aliphatic heterocycles. The van der Waals surface area contributed by atoms with E-state index >= 15 is 0 Å². The zero-order chi connectivity index (χ0) is 14.3. The number of benzene rings is 1. The van der Waals surface area contributed by atoms with E-state index in [1.807, 2.05) is 18.2 Å². The second-order valence-corrected chi connectivity index (χ2v) is 5.58. The minimum atomic E-state index is 0.249. The smallest absolute Gasteiger partial charge is 0.0471 e. The molecule has 0 aliphatic rings. The fourth-order valence-electron chi connectivity index (χ4n) is 2.25. The lowest BCUT2D eigenvalue weighted by molar-refractivity contribution is 0.182. The standard InChI is InChI=1S/C15H26ClN3/c1-4-8-19(10-9-18(2)3)15(12-17)13-6-5-7-14(16)11-13/h5-7,11,15H,4,8-10,12,17H2,1-3H3. The summed E-state index contributed by atoms with van der Waals surface area (Å²) in [6.45, 7) is 5.94. The summed E-state index contributed by atoms with van der Waals surface area (Å²) >= 11 is 6.09. The van der Waals surface area contributed by atoms with Crippen molar-refractivity contribution in [3.8, 4) is 0 Å². The predicted octanol–water partition coefficient (Wildman–Crippen LogP) is 2.61. The molecule has 0 aromatic heterocycles. The average molecular weight is 284 g/mol. The second kappa shape index (κ2) is 8.54. The molecule has 1 aromatic carbocycles. The Labute approximate surface area is 122 Å². The molecule has 0 aliphatic carbocycles. The van der Waals surface area contributed by atoms with Crippen LogP contribution in [0.3, 0.4) is 0 Å². The maximum Gasteiger partial charge on any atom is 0.0471 e. The normalized spacial score (nSPS) is 13.2. The highest BCUT2D eigenvalue weighted by molar-refractivity contribution is 6.30. The fraction of sp³-hybridized carbons (Fsp3) is 0.600. The van der Waals surface area contributed by atoms with E-state index in [1.165, 1.54) is 5.56 Å². The summed E-state index contributed by atoms with van der Waals surface area (Å²) in [6, 6.07) is 8.29. The maximum atomic E-state index is 6.09. The molecule has 1 unspecified atom stereocenters. The van der Waals surface area contributed by atoms with Crippen LogP contribution in [0.25, 0.3) is 0 Å². The van der Waals surface area contributed by atoms with Crippen LogP contribution in [0.5, 0.6) is 0 Å². The van der Waals surface area contributed by atoms with Crippen LogP contribution in [0.2, 0.25) is 5.02 Å². The summed E-state index contributed by atoms with van der Waals surface area (Å²) in [5.74, 6) is 0. The van der Waals surface area contributed by atoms with E-state index < -0.39 is 0 Å². The Morgan fingerprint density at radius 3 is 2.47 bits per heavy atom. The Hall–Kier alpha value is -0.610. The molecular formula is C15H26ClN3. The number of rotatable bonds is 8. The van der Waals surface area contributed by atoms with Crippen molar-refractivity contribution < 1.29 is 0 Å². The van der Waals surface area contributed by atoms with E-state index in [2.05, 4.69) is 36.9 Å². The van der Waals surface area contributed by atoms with E-state index in [1.54, 1.807) is 0 Å². The molecule has 4 heteroatoms. The number of nitrogens with zero attached hydrogens (tertiary/aromatic N) is 2. The van der Waals surface area contributed by atoms with Crippen molar-refractivity contribution in [2.45, 2.75) is 19.4 Å². The Morgan fingerprint density at radius 2 is 1.95 bits per heavy atom. The van der Waals surface area contributed by atoms with Crippen molar-refractivity contribution in [1.29, 1.82) is 0 Å².